The minimum Gasteiger partial charge on any atom is -0.349 e. The number of carbonyl (C=O) groups is 1. The number of amides is 1. The van der Waals surface area contributed by atoms with Crippen LogP contribution < -0.4 is 5.32 Å². The van der Waals surface area contributed by atoms with E-state index >= 15 is 0 Å². The van der Waals surface area contributed by atoms with E-state index in [1.807, 2.05) is 0 Å². The maximum absolute atomic E-state index is 11.9. The van der Waals surface area contributed by atoms with E-state index in [-0.39, 0.29) is 5.91 Å². The molecule has 1 saturated carbocycles. The number of hydrogen-bond donors (Lipinski definition) is 1. The van der Waals surface area contributed by atoms with Crippen LogP contribution in [0.4, 0.5) is 0 Å². The fraction of sp³-hybridized carbons (Fsp3) is 0.385. The van der Waals surface area contributed by atoms with E-state index in [2.05, 4.69) is 22.5 Å². The summed E-state index contributed by atoms with van der Waals surface area (Å²) in [5.41, 5.74) is 0.696. The number of fused-ring (bicyclic) bond motifs is 2. The standard InChI is InChI=1S/C13H14N2O/c16-13(10-3-5-14-6-4-10)15-12-8-9-1-2-11(12)7-9/h1-6,9,11-12H,7-8H2,(H,15,16). The van der Waals surface area contributed by atoms with E-state index in [0.29, 0.717) is 23.4 Å². The Bertz CT molecular complexity index is 427. The number of pyridine rings is 1. The van der Waals surface area contributed by atoms with Gasteiger partial charge in [0.25, 0.3) is 5.91 Å². The van der Waals surface area contributed by atoms with Gasteiger partial charge in [-0.25, -0.2) is 0 Å². The summed E-state index contributed by atoms with van der Waals surface area (Å²) in [7, 11) is 0. The van der Waals surface area contributed by atoms with Gasteiger partial charge in [0.2, 0.25) is 0 Å². The Morgan fingerprint density at radius 3 is 2.69 bits per heavy atom. The average Bonchev–Trinajstić information content (AvgIpc) is 2.92. The summed E-state index contributed by atoms with van der Waals surface area (Å²) < 4.78 is 0. The molecule has 1 fully saturated rings. The number of carbonyl (C=O) groups excluding carboxylic acids is 1. The van der Waals surface area contributed by atoms with E-state index in [4.69, 9.17) is 0 Å². The predicted octanol–water partition coefficient (Wildman–Crippen LogP) is 1.78. The maximum Gasteiger partial charge on any atom is 0.251 e. The topological polar surface area (TPSA) is 42.0 Å². The van der Waals surface area contributed by atoms with Crippen LogP contribution in [0.2, 0.25) is 0 Å². The lowest BCUT2D eigenvalue weighted by molar-refractivity contribution is 0.0931. The molecule has 3 unspecified atom stereocenters. The molecule has 1 N–H and O–H groups in total. The Labute approximate surface area is 94.6 Å². The fourth-order valence-corrected chi connectivity index (χ4v) is 2.70. The van der Waals surface area contributed by atoms with Crippen LogP contribution in [0.3, 0.4) is 0 Å². The Morgan fingerprint density at radius 2 is 2.06 bits per heavy atom. The molecule has 0 aromatic carbocycles. The summed E-state index contributed by atoms with van der Waals surface area (Å²) in [6.07, 6.45) is 10.1. The van der Waals surface area contributed by atoms with Crippen LogP contribution in [0.15, 0.2) is 36.7 Å². The molecule has 3 nitrogen and oxygen atoms in total. The van der Waals surface area contributed by atoms with Crippen LogP contribution in [0.25, 0.3) is 0 Å². The van der Waals surface area contributed by atoms with Gasteiger partial charge in [-0.2, -0.15) is 0 Å². The zero-order chi connectivity index (χ0) is 11.0. The highest BCUT2D eigenvalue weighted by molar-refractivity contribution is 5.94. The summed E-state index contributed by atoms with van der Waals surface area (Å²) in [6.45, 7) is 0. The Hall–Kier alpha value is -1.64. The summed E-state index contributed by atoms with van der Waals surface area (Å²) >= 11 is 0. The maximum atomic E-state index is 11.9. The van der Waals surface area contributed by atoms with Crippen molar-refractivity contribution in [2.24, 2.45) is 11.8 Å². The third kappa shape index (κ3) is 1.62. The molecule has 1 aromatic rings. The molecule has 1 heterocycles. The van der Waals surface area contributed by atoms with Crippen molar-refractivity contribution in [1.29, 1.82) is 0 Å². The van der Waals surface area contributed by atoms with Crippen LogP contribution in [-0.2, 0) is 0 Å². The first-order chi connectivity index (χ1) is 7.83. The van der Waals surface area contributed by atoms with Crippen molar-refractivity contribution >= 4 is 5.91 Å². The second-order valence-electron chi connectivity index (χ2n) is 4.60. The molecule has 3 rings (SSSR count). The molecular weight excluding hydrogens is 200 g/mol. The zero-order valence-corrected chi connectivity index (χ0v) is 8.97. The lowest BCUT2D eigenvalue weighted by atomic mass is 10.0. The van der Waals surface area contributed by atoms with Crippen molar-refractivity contribution < 1.29 is 4.79 Å². The molecule has 3 heteroatoms. The predicted molar refractivity (Wildman–Crippen MR) is 60.8 cm³/mol. The van der Waals surface area contributed by atoms with Gasteiger partial charge in [-0.3, -0.25) is 9.78 Å². The van der Waals surface area contributed by atoms with Crippen molar-refractivity contribution in [3.8, 4) is 0 Å². The highest BCUT2D eigenvalue weighted by Crippen LogP contribution is 2.38. The first-order valence-electron chi connectivity index (χ1n) is 5.72. The molecule has 2 aliphatic rings. The fourth-order valence-electron chi connectivity index (χ4n) is 2.70. The van der Waals surface area contributed by atoms with Crippen molar-refractivity contribution in [3.05, 3.63) is 42.2 Å². The van der Waals surface area contributed by atoms with E-state index in [1.54, 1.807) is 24.5 Å². The van der Waals surface area contributed by atoms with Gasteiger partial charge < -0.3 is 5.32 Å². The molecule has 2 aliphatic carbocycles. The second kappa shape index (κ2) is 3.74. The molecule has 0 spiro atoms. The lowest BCUT2D eigenvalue weighted by Gasteiger charge is -2.19. The molecular formula is C13H14N2O. The number of nitrogens with one attached hydrogen (secondary N) is 1. The van der Waals surface area contributed by atoms with Crippen molar-refractivity contribution in [2.75, 3.05) is 0 Å². The van der Waals surface area contributed by atoms with Gasteiger partial charge in [0.05, 0.1) is 0 Å². The van der Waals surface area contributed by atoms with E-state index in [0.717, 1.165) is 6.42 Å². The number of hydrogen-bond acceptors (Lipinski definition) is 2. The van der Waals surface area contributed by atoms with Gasteiger partial charge in [0.15, 0.2) is 0 Å². The highest BCUT2D eigenvalue weighted by Gasteiger charge is 2.36. The van der Waals surface area contributed by atoms with Crippen molar-refractivity contribution in [2.45, 2.75) is 18.9 Å². The molecule has 16 heavy (non-hydrogen) atoms. The Balaban J connectivity index is 1.68. The molecule has 2 bridgehead atoms. The smallest absolute Gasteiger partial charge is 0.251 e. The van der Waals surface area contributed by atoms with Gasteiger partial charge in [0.1, 0.15) is 0 Å². The zero-order valence-electron chi connectivity index (χ0n) is 8.97. The van der Waals surface area contributed by atoms with Crippen LogP contribution in [0.5, 0.6) is 0 Å². The number of allylic oxidation sites excluding steroid dienone is 1. The van der Waals surface area contributed by atoms with E-state index in [9.17, 15) is 4.79 Å². The summed E-state index contributed by atoms with van der Waals surface area (Å²) in [5.74, 6) is 1.26. The van der Waals surface area contributed by atoms with Crippen LogP contribution in [0, 0.1) is 11.8 Å². The first-order valence-corrected chi connectivity index (χ1v) is 5.72. The molecule has 0 radical (unpaired) electrons. The monoisotopic (exact) mass is 214 g/mol. The summed E-state index contributed by atoms with van der Waals surface area (Å²) in [5, 5.41) is 3.11. The summed E-state index contributed by atoms with van der Waals surface area (Å²) in [6, 6.07) is 3.83. The first kappa shape index (κ1) is 9.58. The average molecular weight is 214 g/mol. The van der Waals surface area contributed by atoms with Crippen molar-refractivity contribution in [1.82, 2.24) is 10.3 Å². The van der Waals surface area contributed by atoms with Gasteiger partial charge in [0, 0.05) is 24.0 Å². The third-order valence-corrected chi connectivity index (χ3v) is 3.54. The van der Waals surface area contributed by atoms with E-state index in [1.165, 1.54) is 6.42 Å². The molecule has 0 saturated heterocycles. The largest absolute Gasteiger partial charge is 0.349 e. The highest BCUT2D eigenvalue weighted by atomic mass is 16.1. The number of aromatic nitrogens is 1. The molecule has 1 aromatic heterocycles. The van der Waals surface area contributed by atoms with Crippen molar-refractivity contribution in [3.63, 3.8) is 0 Å². The normalized spacial score (nSPS) is 30.6. The Kier molecular flexibility index (Phi) is 2.24. The molecule has 3 atom stereocenters. The van der Waals surface area contributed by atoms with Gasteiger partial charge >= 0.3 is 0 Å². The minimum absolute atomic E-state index is 0.0216. The lowest BCUT2D eigenvalue weighted by Crippen LogP contribution is -2.37. The SMILES string of the molecule is O=C(NC1CC2C=CC1C2)c1ccncc1. The molecule has 0 aliphatic heterocycles. The van der Waals surface area contributed by atoms with Gasteiger partial charge in [-0.05, 0) is 36.8 Å². The minimum atomic E-state index is 0.0216. The molecule has 1 amide bonds. The quantitative estimate of drug-likeness (QED) is 0.762. The van der Waals surface area contributed by atoms with Crippen LogP contribution in [-0.4, -0.2) is 16.9 Å². The Morgan fingerprint density at radius 1 is 1.25 bits per heavy atom. The van der Waals surface area contributed by atoms with Gasteiger partial charge in [-0.15, -0.1) is 0 Å². The third-order valence-electron chi connectivity index (χ3n) is 3.54. The van der Waals surface area contributed by atoms with Crippen LogP contribution >= 0.6 is 0 Å². The molecule has 82 valence electrons. The number of rotatable bonds is 2. The summed E-state index contributed by atoms with van der Waals surface area (Å²) in [4.78, 5) is 15.8. The second-order valence-corrected chi connectivity index (χ2v) is 4.60. The number of nitrogens with zero attached hydrogens (tertiary/aromatic N) is 1. The van der Waals surface area contributed by atoms with Crippen LogP contribution in [0.1, 0.15) is 23.2 Å². The van der Waals surface area contributed by atoms with Gasteiger partial charge in [-0.1, -0.05) is 12.2 Å². The van der Waals surface area contributed by atoms with E-state index < -0.39 is 0 Å².